The van der Waals surface area contributed by atoms with E-state index in [1.54, 1.807) is 0 Å². The van der Waals surface area contributed by atoms with E-state index in [0.717, 1.165) is 22.9 Å². The standard InChI is InChI=1S/C8H10.2C7H9N.C6H8O/c1-7-3-5-8(2)6-4-7;2*1-6-3-4-7(2)8-5-6;1-5-3-4-6(2)7-5/h3-6H,1-2H3;2*3-5H,1-2H3;3-4H,1-2H3. The topological polar surface area (TPSA) is 38.9 Å². The van der Waals surface area contributed by atoms with Gasteiger partial charge in [0.05, 0.1) is 0 Å². The van der Waals surface area contributed by atoms with Crippen molar-refractivity contribution in [2.45, 2.75) is 55.4 Å². The maximum absolute atomic E-state index is 5.08. The summed E-state index contributed by atoms with van der Waals surface area (Å²) in [4.78, 5) is 8.16. The molecule has 0 atom stereocenters. The molecule has 3 aromatic heterocycles. The third-order valence-electron chi connectivity index (χ3n) is 4.21. The third-order valence-corrected chi connectivity index (χ3v) is 4.21. The van der Waals surface area contributed by atoms with Crippen molar-refractivity contribution in [1.82, 2.24) is 9.97 Å². The van der Waals surface area contributed by atoms with Crippen LogP contribution < -0.4 is 0 Å². The number of benzene rings is 1. The second-order valence-corrected chi connectivity index (χ2v) is 7.77. The number of aromatic nitrogens is 2. The highest BCUT2D eigenvalue weighted by atomic mass is 16.3. The van der Waals surface area contributed by atoms with Crippen LogP contribution in [-0.2, 0) is 0 Å². The molecule has 0 fully saturated rings. The number of furan rings is 1. The Morgan fingerprint density at radius 1 is 0.419 bits per heavy atom. The molecule has 0 spiro atoms. The summed E-state index contributed by atoms with van der Waals surface area (Å²) in [7, 11) is 0. The minimum atomic E-state index is 0.984. The van der Waals surface area contributed by atoms with Crippen LogP contribution in [-0.4, -0.2) is 9.97 Å². The number of hydrogen-bond acceptors (Lipinski definition) is 3. The number of rotatable bonds is 0. The summed E-state index contributed by atoms with van der Waals surface area (Å²) in [5.74, 6) is 1.97. The number of aryl methyl sites for hydroxylation is 8. The lowest BCUT2D eigenvalue weighted by atomic mass is 10.2. The highest BCUT2D eigenvalue weighted by Crippen LogP contribution is 2.02. The molecule has 0 saturated carbocycles. The normalized spacial score (nSPS) is 9.29. The molecule has 31 heavy (non-hydrogen) atoms. The number of pyridine rings is 2. The van der Waals surface area contributed by atoms with Gasteiger partial charge in [-0.15, -0.1) is 0 Å². The van der Waals surface area contributed by atoms with Crippen molar-refractivity contribution in [3.05, 3.63) is 118 Å². The number of nitrogens with zero attached hydrogens (tertiary/aromatic N) is 2. The zero-order chi connectivity index (χ0) is 23.2. The van der Waals surface area contributed by atoms with Crippen LogP contribution in [0.5, 0.6) is 0 Å². The van der Waals surface area contributed by atoms with E-state index in [0.29, 0.717) is 0 Å². The van der Waals surface area contributed by atoms with E-state index in [-0.39, 0.29) is 0 Å². The molecule has 4 rings (SSSR count). The smallest absolute Gasteiger partial charge is 0.101 e. The quantitative estimate of drug-likeness (QED) is 0.296. The van der Waals surface area contributed by atoms with E-state index in [2.05, 4.69) is 60.2 Å². The van der Waals surface area contributed by atoms with Crippen LogP contribution in [0.2, 0.25) is 0 Å². The van der Waals surface area contributed by atoms with Gasteiger partial charge in [0.2, 0.25) is 0 Å². The van der Waals surface area contributed by atoms with Gasteiger partial charge < -0.3 is 4.42 Å². The van der Waals surface area contributed by atoms with Gasteiger partial charge in [-0.05, 0) is 90.8 Å². The molecule has 4 aromatic rings. The first-order chi connectivity index (χ1) is 14.7. The van der Waals surface area contributed by atoms with Crippen molar-refractivity contribution in [3.63, 3.8) is 0 Å². The fourth-order valence-corrected chi connectivity index (χ4v) is 2.28. The molecule has 0 saturated heterocycles. The SMILES string of the molecule is Cc1ccc(C)cc1.Cc1ccc(C)nc1.Cc1ccc(C)nc1.Cc1ccc(C)o1. The molecule has 3 heteroatoms. The molecular weight excluding hydrogens is 380 g/mol. The Labute approximate surface area is 188 Å². The van der Waals surface area contributed by atoms with Gasteiger partial charge >= 0.3 is 0 Å². The first-order valence-electron chi connectivity index (χ1n) is 10.5. The van der Waals surface area contributed by atoms with Crippen molar-refractivity contribution < 1.29 is 4.42 Å². The molecule has 1 aromatic carbocycles. The Morgan fingerprint density at radius 2 is 0.742 bits per heavy atom. The van der Waals surface area contributed by atoms with E-state index in [4.69, 9.17) is 4.42 Å². The predicted molar refractivity (Wildman–Crippen MR) is 132 cm³/mol. The summed E-state index contributed by atoms with van der Waals surface area (Å²) >= 11 is 0. The second-order valence-electron chi connectivity index (χ2n) is 7.77. The van der Waals surface area contributed by atoms with Crippen LogP contribution >= 0.6 is 0 Å². The molecule has 0 unspecified atom stereocenters. The highest BCUT2D eigenvalue weighted by molar-refractivity contribution is 5.19. The van der Waals surface area contributed by atoms with Gasteiger partial charge in [0, 0.05) is 23.8 Å². The van der Waals surface area contributed by atoms with Gasteiger partial charge in [-0.1, -0.05) is 47.5 Å². The Bertz CT molecular complexity index is 800. The van der Waals surface area contributed by atoms with E-state index in [1.165, 1.54) is 22.3 Å². The monoisotopic (exact) mass is 416 g/mol. The van der Waals surface area contributed by atoms with Gasteiger partial charge in [0.25, 0.3) is 0 Å². The summed E-state index contributed by atoms with van der Waals surface area (Å²) in [5, 5.41) is 0. The molecule has 0 bridgehead atoms. The summed E-state index contributed by atoms with van der Waals surface area (Å²) < 4.78 is 5.08. The highest BCUT2D eigenvalue weighted by Gasteiger charge is 1.86. The first-order valence-corrected chi connectivity index (χ1v) is 10.5. The number of hydrogen-bond donors (Lipinski definition) is 0. The lowest BCUT2D eigenvalue weighted by Gasteiger charge is -1.90. The van der Waals surface area contributed by atoms with Crippen molar-refractivity contribution in [1.29, 1.82) is 0 Å². The van der Waals surface area contributed by atoms with Crippen LogP contribution in [0, 0.1) is 55.4 Å². The fourth-order valence-electron chi connectivity index (χ4n) is 2.28. The molecule has 0 N–H and O–H groups in total. The predicted octanol–water partition coefficient (Wildman–Crippen LogP) is 7.60. The summed E-state index contributed by atoms with van der Waals surface area (Å²) in [6, 6.07) is 20.5. The molecule has 0 amide bonds. The first kappa shape index (κ1) is 25.8. The maximum Gasteiger partial charge on any atom is 0.101 e. The van der Waals surface area contributed by atoms with Crippen LogP contribution in [0.4, 0.5) is 0 Å². The van der Waals surface area contributed by atoms with Crippen molar-refractivity contribution in [2.75, 3.05) is 0 Å². The summed E-state index contributed by atoms with van der Waals surface area (Å²) in [5.41, 5.74) is 7.25. The zero-order valence-corrected chi connectivity index (χ0v) is 20.2. The third kappa shape index (κ3) is 12.9. The fraction of sp³-hybridized carbons (Fsp3) is 0.286. The van der Waals surface area contributed by atoms with Crippen LogP contribution in [0.3, 0.4) is 0 Å². The van der Waals surface area contributed by atoms with Gasteiger partial charge in [-0.3, -0.25) is 9.97 Å². The lowest BCUT2D eigenvalue weighted by Crippen LogP contribution is -1.78. The Kier molecular flexibility index (Phi) is 11.6. The summed E-state index contributed by atoms with van der Waals surface area (Å²) in [6.45, 7) is 16.1. The van der Waals surface area contributed by atoms with E-state index >= 15 is 0 Å². The van der Waals surface area contributed by atoms with Crippen molar-refractivity contribution in [3.8, 4) is 0 Å². The van der Waals surface area contributed by atoms with Gasteiger partial charge in [-0.2, -0.15) is 0 Å². The van der Waals surface area contributed by atoms with E-state index in [9.17, 15) is 0 Å². The van der Waals surface area contributed by atoms with Gasteiger partial charge in [-0.25, -0.2) is 0 Å². The molecule has 3 heterocycles. The van der Waals surface area contributed by atoms with Crippen LogP contribution in [0.25, 0.3) is 0 Å². The van der Waals surface area contributed by atoms with E-state index in [1.807, 2.05) is 78.2 Å². The zero-order valence-electron chi connectivity index (χ0n) is 20.2. The molecule has 3 nitrogen and oxygen atoms in total. The average molecular weight is 417 g/mol. The van der Waals surface area contributed by atoms with Crippen LogP contribution in [0.15, 0.2) is 77.5 Å². The van der Waals surface area contributed by atoms with Crippen molar-refractivity contribution in [2.24, 2.45) is 0 Å². The van der Waals surface area contributed by atoms with Crippen LogP contribution in [0.1, 0.15) is 45.2 Å². The summed E-state index contributed by atoms with van der Waals surface area (Å²) in [6.07, 6.45) is 3.74. The molecular formula is C28H36N2O. The van der Waals surface area contributed by atoms with Crippen molar-refractivity contribution >= 4 is 0 Å². The average Bonchev–Trinajstić information content (AvgIpc) is 3.13. The maximum atomic E-state index is 5.08. The molecule has 0 radical (unpaired) electrons. The van der Waals surface area contributed by atoms with Gasteiger partial charge in [0.15, 0.2) is 0 Å². The Balaban J connectivity index is 0.000000207. The second kappa shape index (κ2) is 13.9. The minimum absolute atomic E-state index is 0.984. The Morgan fingerprint density at radius 3 is 0.935 bits per heavy atom. The molecule has 0 aliphatic carbocycles. The largest absolute Gasteiger partial charge is 0.467 e. The molecule has 164 valence electrons. The van der Waals surface area contributed by atoms with E-state index < -0.39 is 0 Å². The van der Waals surface area contributed by atoms with Gasteiger partial charge in [0.1, 0.15) is 11.5 Å². The molecule has 0 aliphatic rings. The Hall–Kier alpha value is -3.20. The minimum Gasteiger partial charge on any atom is -0.467 e. The molecule has 0 aliphatic heterocycles. The lowest BCUT2D eigenvalue weighted by molar-refractivity contribution is 0.504.